The third-order valence-electron chi connectivity index (χ3n) is 2.33. The summed E-state index contributed by atoms with van der Waals surface area (Å²) < 4.78 is 1.98. The smallest absolute Gasteiger partial charge is 0.259 e. The van der Waals surface area contributed by atoms with Gasteiger partial charge in [0.1, 0.15) is 5.75 Å². The van der Waals surface area contributed by atoms with Crippen molar-refractivity contribution in [2.45, 2.75) is 0 Å². The van der Waals surface area contributed by atoms with Gasteiger partial charge in [0.05, 0.1) is 5.56 Å². The molecule has 2 aromatic carbocycles. The topological polar surface area (TPSA) is 49.3 Å². The third-order valence-corrected chi connectivity index (χ3v) is 4.65. The number of anilines is 1. The Kier molecular flexibility index (Phi) is 4.23. The van der Waals surface area contributed by atoms with E-state index in [2.05, 4.69) is 43.8 Å². The first-order valence-corrected chi connectivity index (χ1v) is 6.99. The van der Waals surface area contributed by atoms with Crippen molar-refractivity contribution in [1.29, 1.82) is 0 Å². The number of carbonyl (C=O) groups is 1. The first-order valence-electron chi connectivity index (χ1n) is 5.12. The van der Waals surface area contributed by atoms with Crippen LogP contribution in [0.25, 0.3) is 0 Å². The molecular formula is C13H9BrINO2. The number of halogens is 2. The van der Waals surface area contributed by atoms with Gasteiger partial charge in [-0.1, -0.05) is 12.1 Å². The lowest BCUT2D eigenvalue weighted by atomic mass is 10.2. The van der Waals surface area contributed by atoms with Crippen molar-refractivity contribution in [3.63, 3.8) is 0 Å². The van der Waals surface area contributed by atoms with E-state index in [0.717, 1.165) is 8.04 Å². The molecule has 0 bridgehead atoms. The maximum absolute atomic E-state index is 11.9. The number of para-hydroxylation sites is 1. The maximum atomic E-state index is 11.9. The van der Waals surface area contributed by atoms with E-state index in [9.17, 15) is 9.90 Å². The minimum absolute atomic E-state index is 0.0261. The minimum Gasteiger partial charge on any atom is -0.507 e. The molecule has 0 fully saturated rings. The van der Waals surface area contributed by atoms with Crippen LogP contribution in [0, 0.1) is 3.57 Å². The van der Waals surface area contributed by atoms with E-state index in [1.165, 1.54) is 6.07 Å². The van der Waals surface area contributed by atoms with Crippen molar-refractivity contribution < 1.29 is 9.90 Å². The van der Waals surface area contributed by atoms with E-state index in [0.29, 0.717) is 5.69 Å². The number of aromatic hydroxyl groups is 1. The minimum atomic E-state index is -0.328. The van der Waals surface area contributed by atoms with Crippen LogP contribution in [0.4, 0.5) is 5.69 Å². The van der Waals surface area contributed by atoms with Crippen LogP contribution in [0.3, 0.4) is 0 Å². The Morgan fingerprint density at radius 1 is 1.22 bits per heavy atom. The average molecular weight is 418 g/mol. The van der Waals surface area contributed by atoms with Gasteiger partial charge in [-0.15, -0.1) is 0 Å². The lowest BCUT2D eigenvalue weighted by Gasteiger charge is -2.07. The molecule has 2 rings (SSSR count). The van der Waals surface area contributed by atoms with Crippen LogP contribution in [-0.4, -0.2) is 11.0 Å². The summed E-state index contributed by atoms with van der Waals surface area (Å²) in [5, 5.41) is 12.3. The standard InChI is InChI=1S/C13H9BrINO2/c14-10-6-5-8(7-11(10)15)16-13(18)9-3-1-2-4-12(9)17/h1-7,17H,(H,16,18). The van der Waals surface area contributed by atoms with Gasteiger partial charge in [0.15, 0.2) is 0 Å². The zero-order valence-electron chi connectivity index (χ0n) is 9.15. The van der Waals surface area contributed by atoms with Crippen molar-refractivity contribution in [2.75, 3.05) is 5.32 Å². The number of rotatable bonds is 2. The summed E-state index contributed by atoms with van der Waals surface area (Å²) in [6.45, 7) is 0. The highest BCUT2D eigenvalue weighted by molar-refractivity contribution is 14.1. The predicted molar refractivity (Wildman–Crippen MR) is 82.9 cm³/mol. The predicted octanol–water partition coefficient (Wildman–Crippen LogP) is 4.01. The summed E-state index contributed by atoms with van der Waals surface area (Å²) in [5.74, 6) is -0.354. The summed E-state index contributed by atoms with van der Waals surface area (Å²) in [6, 6.07) is 12.0. The Morgan fingerprint density at radius 3 is 2.61 bits per heavy atom. The van der Waals surface area contributed by atoms with Crippen LogP contribution in [0.2, 0.25) is 0 Å². The summed E-state index contributed by atoms with van der Waals surface area (Å²) in [4.78, 5) is 11.9. The SMILES string of the molecule is O=C(Nc1ccc(Br)c(I)c1)c1ccccc1O. The van der Waals surface area contributed by atoms with Crippen LogP contribution in [0.1, 0.15) is 10.4 Å². The fourth-order valence-corrected chi connectivity index (χ4v) is 2.20. The summed E-state index contributed by atoms with van der Waals surface area (Å²) in [7, 11) is 0. The monoisotopic (exact) mass is 417 g/mol. The molecule has 0 aliphatic carbocycles. The van der Waals surface area contributed by atoms with E-state index < -0.39 is 0 Å². The van der Waals surface area contributed by atoms with Gasteiger partial charge in [-0.3, -0.25) is 4.79 Å². The zero-order chi connectivity index (χ0) is 13.1. The Labute approximate surface area is 126 Å². The van der Waals surface area contributed by atoms with Gasteiger partial charge < -0.3 is 10.4 Å². The number of phenols is 1. The summed E-state index contributed by atoms with van der Waals surface area (Å²) >= 11 is 5.56. The molecule has 3 nitrogen and oxygen atoms in total. The molecule has 0 saturated heterocycles. The molecule has 92 valence electrons. The number of benzene rings is 2. The molecule has 2 N–H and O–H groups in total. The zero-order valence-corrected chi connectivity index (χ0v) is 12.9. The molecule has 2 aromatic rings. The van der Waals surface area contributed by atoms with Crippen molar-refractivity contribution in [3.8, 4) is 5.75 Å². The summed E-state index contributed by atoms with van der Waals surface area (Å²) in [5.41, 5.74) is 0.950. The van der Waals surface area contributed by atoms with E-state index in [1.54, 1.807) is 24.3 Å². The molecule has 1 amide bonds. The van der Waals surface area contributed by atoms with Crippen LogP contribution in [0.15, 0.2) is 46.9 Å². The highest BCUT2D eigenvalue weighted by atomic mass is 127. The second-order valence-corrected chi connectivity index (χ2v) is 5.62. The lowest BCUT2D eigenvalue weighted by molar-refractivity contribution is 0.102. The molecule has 0 spiro atoms. The molecule has 5 heteroatoms. The second-order valence-electron chi connectivity index (χ2n) is 3.60. The Balaban J connectivity index is 2.22. The van der Waals surface area contributed by atoms with Crippen LogP contribution >= 0.6 is 38.5 Å². The fraction of sp³-hybridized carbons (Fsp3) is 0. The molecule has 0 unspecified atom stereocenters. The first kappa shape index (κ1) is 13.4. The third kappa shape index (κ3) is 3.02. The van der Waals surface area contributed by atoms with Gasteiger partial charge >= 0.3 is 0 Å². The highest BCUT2D eigenvalue weighted by Crippen LogP contribution is 2.24. The molecule has 0 radical (unpaired) electrons. The van der Waals surface area contributed by atoms with Gasteiger partial charge in [0.2, 0.25) is 0 Å². The van der Waals surface area contributed by atoms with Gasteiger partial charge in [-0.05, 0) is 68.9 Å². The maximum Gasteiger partial charge on any atom is 0.259 e. The van der Waals surface area contributed by atoms with E-state index in [4.69, 9.17) is 0 Å². The molecule has 0 heterocycles. The number of nitrogens with one attached hydrogen (secondary N) is 1. The van der Waals surface area contributed by atoms with E-state index in [1.807, 2.05) is 12.1 Å². The van der Waals surface area contributed by atoms with Crippen LogP contribution in [-0.2, 0) is 0 Å². The van der Waals surface area contributed by atoms with E-state index >= 15 is 0 Å². The first-order chi connectivity index (χ1) is 8.58. The number of amides is 1. The van der Waals surface area contributed by atoms with E-state index in [-0.39, 0.29) is 17.2 Å². The van der Waals surface area contributed by atoms with Crippen LogP contribution < -0.4 is 5.32 Å². The molecule has 0 aliphatic rings. The van der Waals surface area contributed by atoms with Gasteiger partial charge in [0.25, 0.3) is 5.91 Å². The summed E-state index contributed by atoms with van der Waals surface area (Å²) in [6.07, 6.45) is 0. The molecular weight excluding hydrogens is 409 g/mol. The van der Waals surface area contributed by atoms with Crippen molar-refractivity contribution in [2.24, 2.45) is 0 Å². The Hall–Kier alpha value is -1.08. The number of phenolic OH excluding ortho intramolecular Hbond substituents is 1. The molecule has 0 atom stereocenters. The normalized spacial score (nSPS) is 10.1. The molecule has 0 saturated carbocycles. The Morgan fingerprint density at radius 2 is 1.94 bits per heavy atom. The largest absolute Gasteiger partial charge is 0.507 e. The van der Waals surface area contributed by atoms with Crippen LogP contribution in [0.5, 0.6) is 5.75 Å². The lowest BCUT2D eigenvalue weighted by Crippen LogP contribution is -2.12. The molecule has 0 aliphatic heterocycles. The molecule has 0 aromatic heterocycles. The Bertz CT molecular complexity index is 601. The van der Waals surface area contributed by atoms with Gasteiger partial charge in [-0.25, -0.2) is 0 Å². The average Bonchev–Trinajstić information content (AvgIpc) is 2.34. The van der Waals surface area contributed by atoms with Gasteiger partial charge in [-0.2, -0.15) is 0 Å². The number of carbonyl (C=O) groups excluding carboxylic acids is 1. The van der Waals surface area contributed by atoms with Gasteiger partial charge in [0, 0.05) is 13.7 Å². The number of hydrogen-bond donors (Lipinski definition) is 2. The van der Waals surface area contributed by atoms with Crippen molar-refractivity contribution in [1.82, 2.24) is 0 Å². The highest BCUT2D eigenvalue weighted by Gasteiger charge is 2.10. The fourth-order valence-electron chi connectivity index (χ4n) is 1.44. The quantitative estimate of drug-likeness (QED) is 0.725. The van der Waals surface area contributed by atoms with Crippen molar-refractivity contribution >= 4 is 50.1 Å². The number of hydrogen-bond acceptors (Lipinski definition) is 2. The second kappa shape index (κ2) is 5.71. The molecule has 18 heavy (non-hydrogen) atoms. The van der Waals surface area contributed by atoms with Crippen molar-refractivity contribution in [3.05, 3.63) is 56.1 Å².